The molecule has 1 aliphatic rings. The SMILES string of the molecule is CC1C=C(C(=O)O)c2cc([N+](=O)[O-])ccc2O1. The Hall–Kier alpha value is -2.37. The van der Waals surface area contributed by atoms with E-state index in [2.05, 4.69) is 0 Å². The summed E-state index contributed by atoms with van der Waals surface area (Å²) in [5.41, 5.74) is 0.112. The Morgan fingerprint density at radius 2 is 2.24 bits per heavy atom. The van der Waals surface area contributed by atoms with E-state index in [9.17, 15) is 14.9 Å². The number of rotatable bonds is 2. The largest absolute Gasteiger partial charge is 0.486 e. The molecular formula is C11H9NO5. The van der Waals surface area contributed by atoms with Crippen molar-refractivity contribution < 1.29 is 19.6 Å². The second kappa shape index (κ2) is 3.89. The lowest BCUT2D eigenvalue weighted by atomic mass is 10.00. The Balaban J connectivity index is 2.58. The van der Waals surface area contributed by atoms with E-state index in [1.54, 1.807) is 6.92 Å². The van der Waals surface area contributed by atoms with E-state index in [0.29, 0.717) is 5.75 Å². The molecule has 0 spiro atoms. The number of ether oxygens (including phenoxy) is 1. The van der Waals surface area contributed by atoms with Crippen molar-refractivity contribution in [3.05, 3.63) is 40.0 Å². The van der Waals surface area contributed by atoms with Gasteiger partial charge in [-0.1, -0.05) is 0 Å². The molecule has 1 N–H and O–H groups in total. The molecule has 0 saturated carbocycles. The van der Waals surface area contributed by atoms with Gasteiger partial charge in [-0.25, -0.2) is 4.79 Å². The van der Waals surface area contributed by atoms with Crippen LogP contribution in [0, 0.1) is 10.1 Å². The third-order valence-electron chi connectivity index (χ3n) is 2.41. The lowest BCUT2D eigenvalue weighted by Gasteiger charge is -2.20. The van der Waals surface area contributed by atoms with Gasteiger partial charge in [0.25, 0.3) is 5.69 Å². The van der Waals surface area contributed by atoms with Crippen LogP contribution in [-0.2, 0) is 4.79 Å². The molecule has 0 amide bonds. The zero-order valence-electron chi connectivity index (χ0n) is 8.91. The van der Waals surface area contributed by atoms with Crippen molar-refractivity contribution in [1.29, 1.82) is 0 Å². The Morgan fingerprint density at radius 3 is 2.82 bits per heavy atom. The van der Waals surface area contributed by atoms with E-state index in [1.165, 1.54) is 24.3 Å². The number of fused-ring (bicyclic) bond motifs is 1. The van der Waals surface area contributed by atoms with Crippen molar-refractivity contribution in [3.8, 4) is 5.75 Å². The summed E-state index contributed by atoms with van der Waals surface area (Å²) in [6, 6.07) is 3.91. The first kappa shape index (κ1) is 11.1. The first-order valence-electron chi connectivity index (χ1n) is 4.89. The number of carboxylic acid groups (broad SMARTS) is 1. The molecule has 2 rings (SSSR count). The van der Waals surface area contributed by atoms with E-state index in [-0.39, 0.29) is 22.9 Å². The third-order valence-corrected chi connectivity index (χ3v) is 2.41. The lowest BCUT2D eigenvalue weighted by Crippen LogP contribution is -2.18. The summed E-state index contributed by atoms with van der Waals surface area (Å²) >= 11 is 0. The van der Waals surface area contributed by atoms with Crippen molar-refractivity contribution in [1.82, 2.24) is 0 Å². The van der Waals surface area contributed by atoms with Crippen LogP contribution in [0.3, 0.4) is 0 Å². The number of nitro groups is 1. The van der Waals surface area contributed by atoms with Crippen LogP contribution in [0.4, 0.5) is 5.69 Å². The fraction of sp³-hybridized carbons (Fsp3) is 0.182. The van der Waals surface area contributed by atoms with E-state index < -0.39 is 10.9 Å². The van der Waals surface area contributed by atoms with Crippen molar-refractivity contribution in [3.63, 3.8) is 0 Å². The highest BCUT2D eigenvalue weighted by molar-refractivity contribution is 6.16. The quantitative estimate of drug-likeness (QED) is 0.624. The van der Waals surface area contributed by atoms with E-state index in [0.717, 1.165) is 0 Å². The van der Waals surface area contributed by atoms with Gasteiger partial charge in [-0.2, -0.15) is 0 Å². The average molecular weight is 235 g/mol. The molecule has 1 aromatic rings. The minimum Gasteiger partial charge on any atom is -0.486 e. The molecule has 1 aliphatic heterocycles. The predicted octanol–water partition coefficient (Wildman–Crippen LogP) is 1.84. The average Bonchev–Trinajstić information content (AvgIpc) is 2.26. The molecule has 0 fully saturated rings. The number of nitrogens with zero attached hydrogens (tertiary/aromatic N) is 1. The Kier molecular flexibility index (Phi) is 2.55. The van der Waals surface area contributed by atoms with Gasteiger partial charge in [0, 0.05) is 17.7 Å². The van der Waals surface area contributed by atoms with Crippen molar-refractivity contribution in [2.24, 2.45) is 0 Å². The summed E-state index contributed by atoms with van der Waals surface area (Å²) in [6.07, 6.45) is 1.06. The summed E-state index contributed by atoms with van der Waals surface area (Å²) in [5, 5.41) is 19.7. The molecule has 6 nitrogen and oxygen atoms in total. The molecule has 0 saturated heterocycles. The lowest BCUT2D eigenvalue weighted by molar-refractivity contribution is -0.384. The molecule has 17 heavy (non-hydrogen) atoms. The fourth-order valence-electron chi connectivity index (χ4n) is 1.69. The number of benzene rings is 1. The van der Waals surface area contributed by atoms with Gasteiger partial charge in [0.15, 0.2) is 0 Å². The zero-order valence-corrected chi connectivity index (χ0v) is 8.91. The van der Waals surface area contributed by atoms with Gasteiger partial charge >= 0.3 is 5.97 Å². The Labute approximate surface area is 96.3 Å². The summed E-state index contributed by atoms with van der Waals surface area (Å²) in [4.78, 5) is 21.1. The summed E-state index contributed by atoms with van der Waals surface area (Å²) < 4.78 is 5.38. The molecule has 0 bridgehead atoms. The third kappa shape index (κ3) is 1.96. The Bertz CT molecular complexity index is 535. The van der Waals surface area contributed by atoms with Crippen LogP contribution in [0.25, 0.3) is 5.57 Å². The van der Waals surface area contributed by atoms with Crippen molar-refractivity contribution in [2.45, 2.75) is 13.0 Å². The smallest absolute Gasteiger partial charge is 0.336 e. The van der Waals surface area contributed by atoms with E-state index >= 15 is 0 Å². The van der Waals surface area contributed by atoms with E-state index in [4.69, 9.17) is 9.84 Å². The van der Waals surface area contributed by atoms with Crippen molar-refractivity contribution in [2.75, 3.05) is 0 Å². The summed E-state index contributed by atoms with van der Waals surface area (Å²) in [5.74, 6) is -0.773. The Morgan fingerprint density at radius 1 is 1.53 bits per heavy atom. The predicted molar refractivity (Wildman–Crippen MR) is 58.8 cm³/mol. The molecule has 1 aromatic carbocycles. The number of hydrogen-bond acceptors (Lipinski definition) is 4. The molecule has 1 unspecified atom stereocenters. The minimum atomic E-state index is -1.12. The molecule has 6 heteroatoms. The summed E-state index contributed by atoms with van der Waals surface area (Å²) in [7, 11) is 0. The van der Waals surface area contributed by atoms with Crippen LogP contribution in [0.15, 0.2) is 24.3 Å². The molecule has 1 heterocycles. The fourth-order valence-corrected chi connectivity index (χ4v) is 1.69. The highest BCUT2D eigenvalue weighted by atomic mass is 16.6. The molecule has 88 valence electrons. The van der Waals surface area contributed by atoms with Gasteiger partial charge in [0.2, 0.25) is 0 Å². The monoisotopic (exact) mass is 235 g/mol. The van der Waals surface area contributed by atoms with Crippen LogP contribution in [0.5, 0.6) is 5.75 Å². The van der Waals surface area contributed by atoms with Gasteiger partial charge in [-0.3, -0.25) is 10.1 Å². The highest BCUT2D eigenvalue weighted by Crippen LogP contribution is 2.34. The van der Waals surface area contributed by atoms with Crippen LogP contribution < -0.4 is 4.74 Å². The maximum Gasteiger partial charge on any atom is 0.336 e. The van der Waals surface area contributed by atoms with Gasteiger partial charge < -0.3 is 9.84 Å². The molecule has 0 radical (unpaired) electrons. The number of non-ortho nitro benzene ring substituents is 1. The second-order valence-electron chi connectivity index (χ2n) is 3.65. The van der Waals surface area contributed by atoms with Crippen LogP contribution in [-0.4, -0.2) is 22.1 Å². The number of aliphatic carboxylic acids is 1. The van der Waals surface area contributed by atoms with Crippen LogP contribution >= 0.6 is 0 Å². The molecule has 0 aromatic heterocycles. The first-order valence-corrected chi connectivity index (χ1v) is 4.89. The van der Waals surface area contributed by atoms with Crippen LogP contribution in [0.2, 0.25) is 0 Å². The van der Waals surface area contributed by atoms with Gasteiger partial charge in [-0.05, 0) is 19.1 Å². The van der Waals surface area contributed by atoms with Gasteiger partial charge in [0.05, 0.1) is 10.5 Å². The van der Waals surface area contributed by atoms with Gasteiger partial charge in [0.1, 0.15) is 11.9 Å². The minimum absolute atomic E-state index is 0.0300. The standard InChI is InChI=1S/C11H9NO5/c1-6-4-9(11(13)14)8-5-7(12(15)16)2-3-10(8)17-6/h2-6H,1H3,(H,13,14). The highest BCUT2D eigenvalue weighted by Gasteiger charge is 2.24. The number of nitro benzene ring substituents is 1. The first-order chi connectivity index (χ1) is 7.99. The number of carbonyl (C=O) groups is 1. The van der Waals surface area contributed by atoms with E-state index in [1.807, 2.05) is 0 Å². The van der Waals surface area contributed by atoms with Crippen LogP contribution in [0.1, 0.15) is 12.5 Å². The van der Waals surface area contributed by atoms with Crippen molar-refractivity contribution >= 4 is 17.2 Å². The number of hydrogen-bond donors (Lipinski definition) is 1. The summed E-state index contributed by atoms with van der Waals surface area (Å²) in [6.45, 7) is 1.70. The molecular weight excluding hydrogens is 226 g/mol. The normalized spacial score (nSPS) is 17.7. The van der Waals surface area contributed by atoms with Gasteiger partial charge in [-0.15, -0.1) is 0 Å². The maximum absolute atomic E-state index is 11.1. The molecule has 1 atom stereocenters. The number of carboxylic acids is 1. The maximum atomic E-state index is 11.1. The second-order valence-corrected chi connectivity index (χ2v) is 3.65. The topological polar surface area (TPSA) is 89.7 Å². The molecule has 0 aliphatic carbocycles. The zero-order chi connectivity index (χ0) is 12.6.